The Balaban J connectivity index is 2.11. The highest BCUT2D eigenvalue weighted by atomic mass is 79.9. The Hall–Kier alpha value is -1.97. The molecule has 0 atom stereocenters. The smallest absolute Gasteiger partial charge is 0.337 e. The summed E-state index contributed by atoms with van der Waals surface area (Å²) < 4.78 is 6.36. The van der Waals surface area contributed by atoms with Crippen LogP contribution in [0, 0.1) is 0 Å². The summed E-state index contributed by atoms with van der Waals surface area (Å²) >= 11 is 11.6. The number of methoxy groups -OCH3 is 1. The molecule has 0 fully saturated rings. The van der Waals surface area contributed by atoms with Crippen molar-refractivity contribution in [3.8, 4) is 5.75 Å². The lowest BCUT2D eigenvalue weighted by Crippen LogP contribution is -2.34. The minimum absolute atomic E-state index is 0.0123. The third kappa shape index (κ3) is 5.00. The number of nitrogens with one attached hydrogen (secondary N) is 2. The molecule has 0 heterocycles. The van der Waals surface area contributed by atoms with Crippen molar-refractivity contribution in [3.05, 3.63) is 56.5 Å². The molecule has 0 aliphatic carbocycles. The van der Waals surface area contributed by atoms with E-state index in [1.54, 1.807) is 30.3 Å². The van der Waals surface area contributed by atoms with Crippen LogP contribution in [0.3, 0.4) is 0 Å². The molecular formula is C16H12Br2N2O4S. The van der Waals surface area contributed by atoms with Gasteiger partial charge >= 0.3 is 5.97 Å². The third-order valence-corrected chi connectivity index (χ3v) is 4.42. The lowest BCUT2D eigenvalue weighted by Gasteiger charge is -2.12. The monoisotopic (exact) mass is 486 g/mol. The highest BCUT2D eigenvalue weighted by Crippen LogP contribution is 2.25. The molecule has 2 aromatic rings. The zero-order chi connectivity index (χ0) is 18.6. The highest BCUT2D eigenvalue weighted by molar-refractivity contribution is 9.10. The number of amides is 1. The molecule has 0 unspecified atom stereocenters. The van der Waals surface area contributed by atoms with Crippen molar-refractivity contribution >= 4 is 66.8 Å². The summed E-state index contributed by atoms with van der Waals surface area (Å²) in [5.74, 6) is -0.954. The minimum Gasteiger partial charge on any atom is -0.496 e. The maximum Gasteiger partial charge on any atom is 0.337 e. The first-order valence-electron chi connectivity index (χ1n) is 6.80. The Morgan fingerprint density at radius 1 is 1.16 bits per heavy atom. The zero-order valence-electron chi connectivity index (χ0n) is 12.8. The van der Waals surface area contributed by atoms with Gasteiger partial charge in [0.15, 0.2) is 5.11 Å². The molecule has 2 rings (SSSR count). The average Bonchev–Trinajstić information content (AvgIpc) is 2.56. The molecule has 0 bridgehead atoms. The van der Waals surface area contributed by atoms with E-state index < -0.39 is 11.9 Å². The number of carboxylic acid groups (broad SMARTS) is 1. The maximum absolute atomic E-state index is 12.2. The number of carbonyl (C=O) groups excluding carboxylic acids is 1. The van der Waals surface area contributed by atoms with Gasteiger partial charge in [0, 0.05) is 10.0 Å². The topological polar surface area (TPSA) is 87.7 Å². The maximum atomic E-state index is 12.2. The number of thiocarbonyl (C=S) groups is 1. The number of anilines is 1. The third-order valence-electron chi connectivity index (χ3n) is 3.10. The Kier molecular flexibility index (Phi) is 6.51. The molecule has 130 valence electrons. The van der Waals surface area contributed by atoms with Crippen molar-refractivity contribution in [2.75, 3.05) is 12.4 Å². The second-order valence-corrected chi connectivity index (χ2v) is 6.93. The normalized spacial score (nSPS) is 10.0. The van der Waals surface area contributed by atoms with Crippen LogP contribution in [0.2, 0.25) is 0 Å². The van der Waals surface area contributed by atoms with Gasteiger partial charge in [0.2, 0.25) is 0 Å². The lowest BCUT2D eigenvalue weighted by molar-refractivity contribution is 0.0697. The fourth-order valence-electron chi connectivity index (χ4n) is 1.94. The fourth-order valence-corrected chi connectivity index (χ4v) is 3.04. The van der Waals surface area contributed by atoms with Crippen LogP contribution in [0.15, 0.2) is 45.3 Å². The van der Waals surface area contributed by atoms with Gasteiger partial charge in [-0.05, 0) is 64.5 Å². The molecule has 9 heteroatoms. The van der Waals surface area contributed by atoms with Crippen molar-refractivity contribution in [1.29, 1.82) is 0 Å². The molecule has 3 N–H and O–H groups in total. The molecular weight excluding hydrogens is 476 g/mol. The predicted molar refractivity (Wildman–Crippen MR) is 105 cm³/mol. The number of rotatable bonds is 4. The summed E-state index contributed by atoms with van der Waals surface area (Å²) in [4.78, 5) is 23.5. The number of ether oxygens (including phenoxy) is 1. The molecule has 6 nitrogen and oxygen atoms in total. The Bertz CT molecular complexity index is 858. The number of aromatic carboxylic acids is 1. The quantitative estimate of drug-likeness (QED) is 0.564. The largest absolute Gasteiger partial charge is 0.496 e. The summed E-state index contributed by atoms with van der Waals surface area (Å²) in [5, 5.41) is 14.4. The minimum atomic E-state index is -1.11. The molecule has 0 saturated carbocycles. The van der Waals surface area contributed by atoms with Gasteiger partial charge in [0.1, 0.15) is 5.75 Å². The molecule has 0 spiro atoms. The summed E-state index contributed by atoms with van der Waals surface area (Å²) in [5.41, 5.74) is 0.668. The van der Waals surface area contributed by atoms with Crippen molar-refractivity contribution in [1.82, 2.24) is 5.32 Å². The van der Waals surface area contributed by atoms with E-state index in [4.69, 9.17) is 17.0 Å². The fraction of sp³-hybridized carbons (Fsp3) is 0.0625. The van der Waals surface area contributed by atoms with Gasteiger partial charge in [-0.2, -0.15) is 0 Å². The first-order valence-corrected chi connectivity index (χ1v) is 8.80. The molecule has 0 aliphatic heterocycles. The van der Waals surface area contributed by atoms with E-state index in [9.17, 15) is 14.7 Å². The molecule has 25 heavy (non-hydrogen) atoms. The summed E-state index contributed by atoms with van der Waals surface area (Å²) in [6, 6.07) is 9.49. The first-order chi connectivity index (χ1) is 11.8. The molecule has 0 saturated heterocycles. The van der Waals surface area contributed by atoms with Crippen LogP contribution < -0.4 is 15.4 Å². The number of hydrogen-bond acceptors (Lipinski definition) is 4. The summed E-state index contributed by atoms with van der Waals surface area (Å²) in [7, 11) is 1.52. The van der Waals surface area contributed by atoms with Gasteiger partial charge in [-0.25, -0.2) is 4.79 Å². The zero-order valence-corrected chi connectivity index (χ0v) is 16.8. The number of carboxylic acids is 1. The summed E-state index contributed by atoms with van der Waals surface area (Å²) in [6.07, 6.45) is 0. The second-order valence-electron chi connectivity index (χ2n) is 4.75. The van der Waals surface area contributed by atoms with Crippen LogP contribution >= 0.6 is 44.1 Å². The van der Waals surface area contributed by atoms with Crippen LogP contribution in [-0.2, 0) is 0 Å². The molecule has 2 aromatic carbocycles. The van der Waals surface area contributed by atoms with Crippen LogP contribution in [0.4, 0.5) is 5.69 Å². The lowest BCUT2D eigenvalue weighted by atomic mass is 10.2. The van der Waals surface area contributed by atoms with E-state index in [1.165, 1.54) is 13.2 Å². The van der Waals surface area contributed by atoms with Gasteiger partial charge in [0.25, 0.3) is 5.91 Å². The molecule has 0 aromatic heterocycles. The van der Waals surface area contributed by atoms with E-state index in [2.05, 4.69) is 42.5 Å². The van der Waals surface area contributed by atoms with E-state index in [-0.39, 0.29) is 16.4 Å². The van der Waals surface area contributed by atoms with Crippen molar-refractivity contribution < 1.29 is 19.4 Å². The number of carbonyl (C=O) groups is 2. The standard InChI is InChI=1S/C16H12Br2N2O4S/c1-24-13-5-2-8(6-11(13)18)14(21)20-16(25)19-12-4-3-9(17)7-10(12)15(22)23/h2-7H,1H3,(H,22,23)(H2,19,20,21,25). The molecule has 0 aliphatic rings. The van der Waals surface area contributed by atoms with E-state index >= 15 is 0 Å². The van der Waals surface area contributed by atoms with Gasteiger partial charge in [-0.3, -0.25) is 10.1 Å². The van der Waals surface area contributed by atoms with Crippen LogP contribution in [0.1, 0.15) is 20.7 Å². The number of halogens is 2. The van der Waals surface area contributed by atoms with Gasteiger partial charge in [-0.1, -0.05) is 15.9 Å². The average molecular weight is 488 g/mol. The highest BCUT2D eigenvalue weighted by Gasteiger charge is 2.14. The summed E-state index contributed by atoms with van der Waals surface area (Å²) in [6.45, 7) is 0. The van der Waals surface area contributed by atoms with Crippen molar-refractivity contribution in [2.45, 2.75) is 0 Å². The first kappa shape index (κ1) is 19.4. The van der Waals surface area contributed by atoms with Gasteiger partial charge in [0.05, 0.1) is 22.8 Å². The van der Waals surface area contributed by atoms with Crippen LogP contribution in [-0.4, -0.2) is 29.2 Å². The van der Waals surface area contributed by atoms with Crippen molar-refractivity contribution in [2.24, 2.45) is 0 Å². The molecule has 0 radical (unpaired) electrons. The van der Waals surface area contributed by atoms with E-state index in [1.807, 2.05) is 0 Å². The van der Waals surface area contributed by atoms with E-state index in [0.29, 0.717) is 20.3 Å². The molecule has 1 amide bonds. The number of benzene rings is 2. The Morgan fingerprint density at radius 3 is 2.48 bits per heavy atom. The van der Waals surface area contributed by atoms with Crippen molar-refractivity contribution in [3.63, 3.8) is 0 Å². The van der Waals surface area contributed by atoms with Gasteiger partial charge < -0.3 is 15.2 Å². The van der Waals surface area contributed by atoms with E-state index in [0.717, 1.165) is 0 Å². The number of hydrogen-bond donors (Lipinski definition) is 3. The Labute approximate surface area is 165 Å². The SMILES string of the molecule is COc1ccc(C(=O)NC(=S)Nc2ccc(Br)cc2C(=O)O)cc1Br. The predicted octanol–water partition coefficient (Wildman–Crippen LogP) is 4.05. The van der Waals surface area contributed by atoms with Gasteiger partial charge in [-0.15, -0.1) is 0 Å². The van der Waals surface area contributed by atoms with Crippen LogP contribution in [0.25, 0.3) is 0 Å². The van der Waals surface area contributed by atoms with Crippen LogP contribution in [0.5, 0.6) is 5.75 Å². The second kappa shape index (κ2) is 8.41. The Morgan fingerprint density at radius 2 is 1.88 bits per heavy atom.